The molecule has 1 aromatic heterocycles. The number of carbonyl (C=O) groups excluding carboxylic acids is 1. The lowest BCUT2D eigenvalue weighted by molar-refractivity contribution is -0.116. The van der Waals surface area contributed by atoms with E-state index in [0.717, 1.165) is 0 Å². The van der Waals surface area contributed by atoms with Crippen molar-refractivity contribution in [2.24, 2.45) is 0 Å². The Kier molecular flexibility index (Phi) is 2.56. The van der Waals surface area contributed by atoms with Gasteiger partial charge >= 0.3 is 0 Å². The average Bonchev–Trinajstić information content (AvgIpc) is 2.17. The number of nitrogens with one attached hydrogen (secondary N) is 1. The zero-order valence-corrected chi connectivity index (χ0v) is 8.31. The molecular weight excluding hydrogens is 226 g/mol. The van der Waals surface area contributed by atoms with Crippen LogP contribution in [0.2, 0.25) is 5.15 Å². The first-order valence-corrected chi connectivity index (χ1v) is 4.73. The van der Waals surface area contributed by atoms with Gasteiger partial charge in [-0.1, -0.05) is 11.6 Å². The molecule has 1 aliphatic rings. The molecule has 0 saturated heterocycles. The largest absolute Gasteiger partial charge is 0.324 e. The summed E-state index contributed by atoms with van der Waals surface area (Å²) in [5, 5.41) is 2.29. The number of nitrogens with zero attached hydrogens (tertiary/aromatic N) is 1. The van der Waals surface area contributed by atoms with Crippen LogP contribution >= 0.6 is 11.6 Å². The third kappa shape index (κ3) is 1.92. The fourth-order valence-electron chi connectivity index (χ4n) is 1.44. The summed E-state index contributed by atoms with van der Waals surface area (Å²) in [5.74, 6) is -0.188. The second-order valence-electron chi connectivity index (χ2n) is 3.21. The highest BCUT2D eigenvalue weighted by Crippen LogP contribution is 2.31. The molecule has 15 heavy (non-hydrogen) atoms. The van der Waals surface area contributed by atoms with Crippen LogP contribution in [-0.2, 0) is 11.2 Å². The lowest BCUT2D eigenvalue weighted by Crippen LogP contribution is -2.20. The maximum Gasteiger partial charge on any atom is 0.266 e. The quantitative estimate of drug-likeness (QED) is 0.756. The van der Waals surface area contributed by atoms with E-state index in [-0.39, 0.29) is 16.6 Å². The van der Waals surface area contributed by atoms with E-state index in [1.54, 1.807) is 0 Å². The van der Waals surface area contributed by atoms with Crippen LogP contribution in [0.25, 0.3) is 0 Å². The molecule has 0 aromatic carbocycles. The molecule has 2 rings (SSSR count). The molecular formula is C9H7ClF2N2O. The number of carbonyl (C=O) groups is 1. The van der Waals surface area contributed by atoms with Gasteiger partial charge in [0.25, 0.3) is 6.43 Å². The number of hydrogen-bond acceptors (Lipinski definition) is 2. The van der Waals surface area contributed by atoms with Crippen LogP contribution in [0.3, 0.4) is 0 Å². The summed E-state index contributed by atoms with van der Waals surface area (Å²) in [6.45, 7) is 0. The molecule has 1 amide bonds. The monoisotopic (exact) mass is 232 g/mol. The zero-order chi connectivity index (χ0) is 11.0. The van der Waals surface area contributed by atoms with Crippen LogP contribution in [0.15, 0.2) is 6.07 Å². The molecule has 0 bridgehead atoms. The van der Waals surface area contributed by atoms with Gasteiger partial charge in [0.2, 0.25) is 5.91 Å². The van der Waals surface area contributed by atoms with Crippen molar-refractivity contribution in [3.63, 3.8) is 0 Å². The summed E-state index contributed by atoms with van der Waals surface area (Å²) >= 11 is 5.59. The third-order valence-corrected chi connectivity index (χ3v) is 2.48. The van der Waals surface area contributed by atoms with E-state index in [1.807, 2.05) is 0 Å². The Balaban J connectivity index is 2.47. The van der Waals surface area contributed by atoms with Gasteiger partial charge in [-0.15, -0.1) is 0 Å². The number of aromatic nitrogens is 1. The van der Waals surface area contributed by atoms with E-state index in [4.69, 9.17) is 11.6 Å². The number of aryl methyl sites for hydroxylation is 1. The minimum atomic E-state index is -2.69. The van der Waals surface area contributed by atoms with Crippen LogP contribution in [-0.4, -0.2) is 10.9 Å². The van der Waals surface area contributed by atoms with E-state index in [1.165, 1.54) is 6.07 Å². The highest BCUT2D eigenvalue weighted by Gasteiger charge is 2.21. The van der Waals surface area contributed by atoms with E-state index < -0.39 is 6.43 Å². The summed E-state index contributed by atoms with van der Waals surface area (Å²) < 4.78 is 24.9. The Labute approximate surface area is 89.5 Å². The van der Waals surface area contributed by atoms with Crippen LogP contribution in [0, 0.1) is 0 Å². The van der Waals surface area contributed by atoms with Gasteiger partial charge in [0, 0.05) is 12.8 Å². The van der Waals surface area contributed by atoms with Gasteiger partial charge in [0.05, 0.1) is 16.9 Å². The Hall–Kier alpha value is -1.23. The lowest BCUT2D eigenvalue weighted by atomic mass is 10.1. The predicted octanol–water partition coefficient (Wildman–Crippen LogP) is 2.56. The SMILES string of the molecule is O=C1CCc2nc(Cl)c(C(F)F)cc2N1. The Morgan fingerprint density at radius 2 is 2.20 bits per heavy atom. The normalized spacial score (nSPS) is 15.1. The fraction of sp³-hybridized carbons (Fsp3) is 0.333. The molecule has 2 heterocycles. The Morgan fingerprint density at radius 3 is 2.87 bits per heavy atom. The smallest absolute Gasteiger partial charge is 0.266 e. The molecule has 0 aliphatic carbocycles. The van der Waals surface area contributed by atoms with Crippen LogP contribution in [0.4, 0.5) is 14.5 Å². The van der Waals surface area contributed by atoms with E-state index >= 15 is 0 Å². The Morgan fingerprint density at radius 1 is 1.47 bits per heavy atom. The summed E-state index contributed by atoms with van der Waals surface area (Å²) in [4.78, 5) is 14.9. The van der Waals surface area contributed by atoms with Crippen LogP contribution in [0.1, 0.15) is 24.1 Å². The number of alkyl halides is 2. The minimum Gasteiger partial charge on any atom is -0.324 e. The minimum absolute atomic E-state index is 0.188. The number of hydrogen-bond donors (Lipinski definition) is 1. The summed E-state index contributed by atoms with van der Waals surface area (Å²) in [6, 6.07) is 1.19. The molecule has 0 saturated carbocycles. The van der Waals surface area contributed by atoms with Crippen molar-refractivity contribution in [2.75, 3.05) is 5.32 Å². The van der Waals surface area contributed by atoms with Crippen LogP contribution < -0.4 is 5.32 Å². The summed E-state index contributed by atoms with van der Waals surface area (Å²) in [6.07, 6.45) is -1.94. The molecule has 0 fully saturated rings. The predicted molar refractivity (Wildman–Crippen MR) is 51.2 cm³/mol. The van der Waals surface area contributed by atoms with E-state index in [0.29, 0.717) is 24.2 Å². The Bertz CT molecular complexity index is 423. The van der Waals surface area contributed by atoms with Crippen molar-refractivity contribution in [1.29, 1.82) is 0 Å². The second-order valence-corrected chi connectivity index (χ2v) is 3.57. The molecule has 80 valence electrons. The molecule has 0 radical (unpaired) electrons. The third-order valence-electron chi connectivity index (χ3n) is 2.18. The topological polar surface area (TPSA) is 42.0 Å². The van der Waals surface area contributed by atoms with Crippen molar-refractivity contribution in [1.82, 2.24) is 4.98 Å². The fourth-order valence-corrected chi connectivity index (χ4v) is 1.68. The van der Waals surface area contributed by atoms with Crippen molar-refractivity contribution >= 4 is 23.2 Å². The van der Waals surface area contributed by atoms with Crippen molar-refractivity contribution in [3.05, 3.63) is 22.5 Å². The molecule has 1 aromatic rings. The number of rotatable bonds is 1. The van der Waals surface area contributed by atoms with Crippen LogP contribution in [0.5, 0.6) is 0 Å². The second kappa shape index (κ2) is 3.73. The average molecular weight is 233 g/mol. The molecule has 0 atom stereocenters. The van der Waals surface area contributed by atoms with Gasteiger partial charge in [0.1, 0.15) is 5.15 Å². The molecule has 3 nitrogen and oxygen atoms in total. The van der Waals surface area contributed by atoms with Gasteiger partial charge in [-0.05, 0) is 6.07 Å². The zero-order valence-electron chi connectivity index (χ0n) is 7.56. The van der Waals surface area contributed by atoms with E-state index in [9.17, 15) is 13.6 Å². The molecule has 1 N–H and O–H groups in total. The van der Waals surface area contributed by atoms with Gasteiger partial charge in [-0.25, -0.2) is 13.8 Å². The maximum atomic E-state index is 12.5. The lowest BCUT2D eigenvalue weighted by Gasteiger charge is -2.17. The van der Waals surface area contributed by atoms with Gasteiger partial charge in [0.15, 0.2) is 0 Å². The molecule has 0 spiro atoms. The first kappa shape index (κ1) is 10.3. The highest BCUT2D eigenvalue weighted by atomic mass is 35.5. The van der Waals surface area contributed by atoms with Gasteiger partial charge < -0.3 is 5.32 Å². The number of amides is 1. The number of halogens is 3. The molecule has 1 aliphatic heterocycles. The number of pyridine rings is 1. The first-order valence-electron chi connectivity index (χ1n) is 4.35. The number of fused-ring (bicyclic) bond motifs is 1. The van der Waals surface area contributed by atoms with Gasteiger partial charge in [-0.2, -0.15) is 0 Å². The first-order chi connectivity index (χ1) is 7.08. The van der Waals surface area contributed by atoms with E-state index in [2.05, 4.69) is 10.3 Å². The van der Waals surface area contributed by atoms with Crippen molar-refractivity contribution in [2.45, 2.75) is 19.3 Å². The maximum absolute atomic E-state index is 12.5. The highest BCUT2D eigenvalue weighted by molar-refractivity contribution is 6.30. The standard InChI is InChI=1S/C9H7ClF2N2O/c10-8-4(9(11)12)3-6-5(14-8)1-2-7(15)13-6/h3,9H,1-2H2,(H,13,15). The van der Waals surface area contributed by atoms with Crippen molar-refractivity contribution in [3.8, 4) is 0 Å². The summed E-state index contributed by atoms with van der Waals surface area (Å²) in [7, 11) is 0. The number of anilines is 1. The summed E-state index contributed by atoms with van der Waals surface area (Å²) in [5.41, 5.74) is 0.549. The molecule has 6 heteroatoms. The van der Waals surface area contributed by atoms with Crippen molar-refractivity contribution < 1.29 is 13.6 Å². The van der Waals surface area contributed by atoms with Gasteiger partial charge in [-0.3, -0.25) is 4.79 Å². The molecule has 0 unspecified atom stereocenters.